The van der Waals surface area contributed by atoms with Gasteiger partial charge >= 0.3 is 0 Å². The molecule has 21 heavy (non-hydrogen) atoms. The first-order valence-corrected chi connectivity index (χ1v) is 7.44. The van der Waals surface area contributed by atoms with Crippen molar-refractivity contribution < 1.29 is 0 Å². The van der Waals surface area contributed by atoms with Crippen molar-refractivity contribution in [2.75, 3.05) is 17.2 Å². The smallest absolute Gasteiger partial charge is 0.229 e. The van der Waals surface area contributed by atoms with E-state index in [1.165, 1.54) is 11.1 Å². The summed E-state index contributed by atoms with van der Waals surface area (Å²) in [4.78, 5) is 12.3. The van der Waals surface area contributed by atoms with Gasteiger partial charge in [0, 0.05) is 13.1 Å². The van der Waals surface area contributed by atoms with E-state index in [1.807, 2.05) is 6.92 Å². The number of benzene rings is 1. The van der Waals surface area contributed by atoms with Crippen LogP contribution in [0.5, 0.6) is 0 Å². The van der Waals surface area contributed by atoms with E-state index in [2.05, 4.69) is 63.7 Å². The lowest BCUT2D eigenvalue weighted by atomic mass is 10.0. The molecule has 0 aliphatic carbocycles. The average Bonchev–Trinajstić information content (AvgIpc) is 2.45. The van der Waals surface area contributed by atoms with Gasteiger partial charge < -0.3 is 10.6 Å². The lowest BCUT2D eigenvalue weighted by Gasteiger charge is -2.09. The third kappa shape index (κ3) is 4.56. The number of hydrogen-bond acceptors (Lipinski definition) is 5. The summed E-state index contributed by atoms with van der Waals surface area (Å²) in [6.07, 6.45) is 0. The van der Waals surface area contributed by atoms with Crippen LogP contribution in [0.25, 0.3) is 0 Å². The van der Waals surface area contributed by atoms with Crippen LogP contribution in [0.15, 0.2) is 24.3 Å². The van der Waals surface area contributed by atoms with Crippen molar-refractivity contribution >= 4 is 23.5 Å². The second kappa shape index (κ2) is 7.22. The van der Waals surface area contributed by atoms with Gasteiger partial charge in [-0.3, -0.25) is 0 Å². The Morgan fingerprint density at radius 3 is 2.19 bits per heavy atom. The van der Waals surface area contributed by atoms with Gasteiger partial charge in [-0.1, -0.05) is 38.1 Å². The van der Waals surface area contributed by atoms with Crippen LogP contribution in [-0.4, -0.2) is 21.5 Å². The van der Waals surface area contributed by atoms with Crippen molar-refractivity contribution in [2.45, 2.75) is 33.2 Å². The summed E-state index contributed by atoms with van der Waals surface area (Å²) in [5.41, 5.74) is 2.50. The fraction of sp³-hybridized carbons (Fsp3) is 0.400. The Labute approximate surface area is 130 Å². The first-order chi connectivity index (χ1) is 10.1. The SMILES string of the molecule is CCNc1nc(Cl)nc(NCc2ccc(C(C)C)cc2)n1. The zero-order valence-electron chi connectivity index (χ0n) is 12.5. The van der Waals surface area contributed by atoms with Gasteiger partial charge in [0.05, 0.1) is 0 Å². The van der Waals surface area contributed by atoms with Crippen molar-refractivity contribution in [2.24, 2.45) is 0 Å². The standard InChI is InChI=1S/C15H20ClN5/c1-4-17-14-19-13(16)20-15(21-14)18-9-11-5-7-12(8-6-11)10(2)3/h5-8,10H,4,9H2,1-3H3,(H2,17,18,19,20,21). The monoisotopic (exact) mass is 305 g/mol. The van der Waals surface area contributed by atoms with Crippen LogP contribution >= 0.6 is 11.6 Å². The van der Waals surface area contributed by atoms with Crippen molar-refractivity contribution in [1.29, 1.82) is 0 Å². The predicted molar refractivity (Wildman–Crippen MR) is 86.9 cm³/mol. The molecular formula is C15H20ClN5. The molecule has 0 saturated heterocycles. The molecule has 0 radical (unpaired) electrons. The van der Waals surface area contributed by atoms with Gasteiger partial charge in [-0.15, -0.1) is 0 Å². The Kier molecular flexibility index (Phi) is 5.33. The molecule has 1 aromatic carbocycles. The third-order valence-electron chi connectivity index (χ3n) is 3.04. The van der Waals surface area contributed by atoms with Crippen LogP contribution in [0.4, 0.5) is 11.9 Å². The van der Waals surface area contributed by atoms with Gasteiger partial charge in [0.1, 0.15) is 0 Å². The summed E-state index contributed by atoms with van der Waals surface area (Å²) in [7, 11) is 0. The zero-order valence-corrected chi connectivity index (χ0v) is 13.3. The summed E-state index contributed by atoms with van der Waals surface area (Å²) < 4.78 is 0. The first kappa shape index (κ1) is 15.5. The highest BCUT2D eigenvalue weighted by Crippen LogP contribution is 2.15. The van der Waals surface area contributed by atoms with E-state index in [0.29, 0.717) is 24.4 Å². The lowest BCUT2D eigenvalue weighted by molar-refractivity contribution is 0.865. The molecule has 112 valence electrons. The highest BCUT2D eigenvalue weighted by Gasteiger charge is 2.04. The van der Waals surface area contributed by atoms with Gasteiger partial charge in [-0.25, -0.2) is 0 Å². The normalized spacial score (nSPS) is 10.7. The maximum absolute atomic E-state index is 5.88. The Bertz CT molecular complexity index is 583. The molecule has 6 heteroatoms. The highest BCUT2D eigenvalue weighted by atomic mass is 35.5. The molecule has 0 bridgehead atoms. The number of halogens is 1. The average molecular weight is 306 g/mol. The predicted octanol–water partition coefficient (Wildman–Crippen LogP) is 3.69. The molecule has 0 amide bonds. The molecule has 5 nitrogen and oxygen atoms in total. The topological polar surface area (TPSA) is 62.7 Å². The van der Waals surface area contributed by atoms with E-state index in [-0.39, 0.29) is 5.28 Å². The number of nitrogens with one attached hydrogen (secondary N) is 2. The van der Waals surface area contributed by atoms with Gasteiger partial charge in [-0.05, 0) is 35.6 Å². The van der Waals surface area contributed by atoms with Gasteiger partial charge in [0.15, 0.2) is 0 Å². The summed E-state index contributed by atoms with van der Waals surface area (Å²) in [6, 6.07) is 8.50. The second-order valence-corrected chi connectivity index (χ2v) is 5.37. The van der Waals surface area contributed by atoms with Crippen LogP contribution in [0, 0.1) is 0 Å². The van der Waals surface area contributed by atoms with Crippen molar-refractivity contribution in [3.8, 4) is 0 Å². The number of rotatable bonds is 6. The fourth-order valence-electron chi connectivity index (χ4n) is 1.87. The van der Waals surface area contributed by atoms with E-state index < -0.39 is 0 Å². The quantitative estimate of drug-likeness (QED) is 0.852. The van der Waals surface area contributed by atoms with E-state index in [9.17, 15) is 0 Å². The van der Waals surface area contributed by atoms with E-state index in [4.69, 9.17) is 11.6 Å². The van der Waals surface area contributed by atoms with Crippen molar-refractivity contribution in [3.05, 3.63) is 40.7 Å². The number of anilines is 2. The molecule has 0 unspecified atom stereocenters. The Morgan fingerprint density at radius 2 is 1.62 bits per heavy atom. The Balaban J connectivity index is 2.02. The maximum atomic E-state index is 5.88. The maximum Gasteiger partial charge on any atom is 0.229 e. The lowest BCUT2D eigenvalue weighted by Crippen LogP contribution is -2.09. The molecule has 0 spiro atoms. The molecule has 0 atom stereocenters. The van der Waals surface area contributed by atoms with Crippen LogP contribution in [-0.2, 0) is 6.54 Å². The molecule has 2 aromatic rings. The van der Waals surface area contributed by atoms with Crippen LogP contribution in [0.2, 0.25) is 5.28 Å². The third-order valence-corrected chi connectivity index (χ3v) is 3.21. The highest BCUT2D eigenvalue weighted by molar-refractivity contribution is 6.28. The summed E-state index contributed by atoms with van der Waals surface area (Å²) in [5, 5.41) is 6.36. The molecule has 0 fully saturated rings. The Hall–Kier alpha value is -1.88. The fourth-order valence-corrected chi connectivity index (χ4v) is 2.03. The molecule has 0 aliphatic rings. The number of hydrogen-bond donors (Lipinski definition) is 2. The molecule has 2 N–H and O–H groups in total. The number of nitrogens with zero attached hydrogens (tertiary/aromatic N) is 3. The Morgan fingerprint density at radius 1 is 1.00 bits per heavy atom. The summed E-state index contributed by atoms with van der Waals surface area (Å²) in [5.74, 6) is 1.49. The molecule has 0 saturated carbocycles. The summed E-state index contributed by atoms with van der Waals surface area (Å²) >= 11 is 5.88. The van der Waals surface area contributed by atoms with Gasteiger partial charge in [-0.2, -0.15) is 15.0 Å². The van der Waals surface area contributed by atoms with Crippen molar-refractivity contribution in [3.63, 3.8) is 0 Å². The molecule has 2 rings (SSSR count). The van der Waals surface area contributed by atoms with Gasteiger partial charge in [0.25, 0.3) is 0 Å². The van der Waals surface area contributed by atoms with E-state index in [0.717, 1.165) is 6.54 Å². The van der Waals surface area contributed by atoms with Crippen molar-refractivity contribution in [1.82, 2.24) is 15.0 Å². The minimum absolute atomic E-state index is 0.179. The minimum atomic E-state index is 0.179. The van der Waals surface area contributed by atoms with E-state index >= 15 is 0 Å². The number of aromatic nitrogens is 3. The molecular weight excluding hydrogens is 286 g/mol. The zero-order chi connectivity index (χ0) is 15.2. The molecule has 1 heterocycles. The van der Waals surface area contributed by atoms with Crippen LogP contribution in [0.1, 0.15) is 37.8 Å². The van der Waals surface area contributed by atoms with E-state index in [1.54, 1.807) is 0 Å². The van der Waals surface area contributed by atoms with Crippen LogP contribution < -0.4 is 10.6 Å². The summed E-state index contributed by atoms with van der Waals surface area (Å²) in [6.45, 7) is 7.71. The van der Waals surface area contributed by atoms with Gasteiger partial charge in [0.2, 0.25) is 17.2 Å². The molecule has 0 aliphatic heterocycles. The minimum Gasteiger partial charge on any atom is -0.354 e. The largest absolute Gasteiger partial charge is 0.354 e. The molecule has 1 aromatic heterocycles. The van der Waals surface area contributed by atoms with Crippen LogP contribution in [0.3, 0.4) is 0 Å². The second-order valence-electron chi connectivity index (χ2n) is 5.03. The first-order valence-electron chi connectivity index (χ1n) is 7.06.